The highest BCUT2D eigenvalue weighted by atomic mass is 32.2. The summed E-state index contributed by atoms with van der Waals surface area (Å²) < 4.78 is 7.39. The molecule has 0 spiro atoms. The fourth-order valence-corrected chi connectivity index (χ4v) is 2.87. The monoisotopic (exact) mass is 306 g/mol. The number of rotatable bonds is 7. The smallest absolute Gasteiger partial charge is 0.313 e. The maximum Gasteiger partial charge on any atom is 0.313 e. The molecule has 0 aliphatic heterocycles. The topological polar surface area (TPSA) is 64.4 Å². The van der Waals surface area contributed by atoms with E-state index >= 15 is 0 Å². The Bertz CT molecular complexity index is 625. The molecule has 6 heteroatoms. The molecule has 1 heterocycles. The zero-order valence-electron chi connectivity index (χ0n) is 12.1. The summed E-state index contributed by atoms with van der Waals surface area (Å²) in [7, 11) is 1.66. The predicted octanol–water partition coefficient (Wildman–Crippen LogP) is 2.62. The van der Waals surface area contributed by atoms with E-state index in [1.54, 1.807) is 13.3 Å². The van der Waals surface area contributed by atoms with Gasteiger partial charge in [-0.1, -0.05) is 30.0 Å². The molecule has 0 saturated heterocycles. The highest BCUT2D eigenvalue weighted by molar-refractivity contribution is 7.99. The SMILES string of the molecule is COc1ccccc1CCn1c(C)cnc1SCC(=O)O. The molecule has 2 aromatic rings. The normalized spacial score (nSPS) is 10.6. The number of aryl methyl sites for hydroxylation is 2. The highest BCUT2D eigenvalue weighted by Crippen LogP contribution is 2.22. The van der Waals surface area contributed by atoms with Crippen molar-refractivity contribution in [1.29, 1.82) is 0 Å². The fraction of sp³-hybridized carbons (Fsp3) is 0.333. The minimum atomic E-state index is -0.836. The predicted molar refractivity (Wildman–Crippen MR) is 82.0 cm³/mol. The summed E-state index contributed by atoms with van der Waals surface area (Å²) in [5, 5.41) is 9.51. The molecular formula is C15H18N2O3S. The van der Waals surface area contributed by atoms with Crippen molar-refractivity contribution in [2.24, 2.45) is 0 Å². The minimum absolute atomic E-state index is 0.0190. The number of benzene rings is 1. The van der Waals surface area contributed by atoms with E-state index in [-0.39, 0.29) is 5.75 Å². The Hall–Kier alpha value is -1.95. The van der Waals surface area contributed by atoms with Gasteiger partial charge < -0.3 is 14.4 Å². The number of carbonyl (C=O) groups is 1. The number of para-hydroxylation sites is 1. The minimum Gasteiger partial charge on any atom is -0.496 e. The number of imidazole rings is 1. The molecular weight excluding hydrogens is 288 g/mol. The van der Waals surface area contributed by atoms with E-state index in [0.717, 1.165) is 35.1 Å². The Morgan fingerprint density at radius 1 is 1.43 bits per heavy atom. The molecule has 0 aliphatic carbocycles. The van der Waals surface area contributed by atoms with Crippen molar-refractivity contribution >= 4 is 17.7 Å². The third-order valence-corrected chi connectivity index (χ3v) is 4.12. The molecule has 0 fully saturated rings. The van der Waals surface area contributed by atoms with Crippen LogP contribution in [0.3, 0.4) is 0 Å². The summed E-state index contributed by atoms with van der Waals surface area (Å²) in [6.07, 6.45) is 2.58. The first-order valence-electron chi connectivity index (χ1n) is 6.60. The van der Waals surface area contributed by atoms with E-state index in [4.69, 9.17) is 9.84 Å². The van der Waals surface area contributed by atoms with Crippen LogP contribution in [-0.2, 0) is 17.8 Å². The van der Waals surface area contributed by atoms with Gasteiger partial charge in [0.1, 0.15) is 5.75 Å². The molecule has 0 amide bonds. The number of nitrogens with zero attached hydrogens (tertiary/aromatic N) is 2. The van der Waals surface area contributed by atoms with Crippen LogP contribution in [0.4, 0.5) is 0 Å². The van der Waals surface area contributed by atoms with E-state index in [1.807, 2.05) is 35.8 Å². The second-order valence-corrected chi connectivity index (χ2v) is 5.52. The van der Waals surface area contributed by atoms with Gasteiger partial charge in [-0.3, -0.25) is 4.79 Å². The van der Waals surface area contributed by atoms with E-state index in [9.17, 15) is 4.79 Å². The third-order valence-electron chi connectivity index (χ3n) is 3.14. The van der Waals surface area contributed by atoms with Crippen molar-refractivity contribution in [2.75, 3.05) is 12.9 Å². The molecule has 0 bridgehead atoms. The Morgan fingerprint density at radius 3 is 2.90 bits per heavy atom. The molecule has 1 aromatic heterocycles. The zero-order chi connectivity index (χ0) is 15.2. The van der Waals surface area contributed by atoms with E-state index in [1.165, 1.54) is 11.8 Å². The summed E-state index contributed by atoms with van der Waals surface area (Å²) in [6.45, 7) is 2.72. The van der Waals surface area contributed by atoms with Gasteiger partial charge in [-0.2, -0.15) is 0 Å². The fourth-order valence-electron chi connectivity index (χ4n) is 2.09. The molecule has 1 N–H and O–H groups in total. The lowest BCUT2D eigenvalue weighted by Gasteiger charge is -2.11. The molecule has 112 valence electrons. The number of hydrogen-bond acceptors (Lipinski definition) is 4. The van der Waals surface area contributed by atoms with Crippen LogP contribution < -0.4 is 4.74 Å². The average molecular weight is 306 g/mol. The van der Waals surface area contributed by atoms with Crippen LogP contribution >= 0.6 is 11.8 Å². The second-order valence-electron chi connectivity index (χ2n) is 4.58. The number of hydrogen-bond donors (Lipinski definition) is 1. The third kappa shape index (κ3) is 4.01. The molecule has 2 rings (SSSR count). The van der Waals surface area contributed by atoms with Gasteiger partial charge in [0, 0.05) is 18.4 Å². The van der Waals surface area contributed by atoms with Gasteiger partial charge in [-0.25, -0.2) is 4.98 Å². The molecule has 1 aromatic carbocycles. The maximum absolute atomic E-state index is 10.7. The number of ether oxygens (including phenoxy) is 1. The summed E-state index contributed by atoms with van der Waals surface area (Å²) in [6, 6.07) is 7.91. The molecule has 5 nitrogen and oxygen atoms in total. The molecule has 0 unspecified atom stereocenters. The van der Waals surface area contributed by atoms with Gasteiger partial charge in [-0.05, 0) is 25.0 Å². The lowest BCUT2D eigenvalue weighted by molar-refractivity contribution is -0.133. The van der Waals surface area contributed by atoms with Crippen molar-refractivity contribution < 1.29 is 14.6 Å². The zero-order valence-corrected chi connectivity index (χ0v) is 12.9. The van der Waals surface area contributed by atoms with Gasteiger partial charge in [0.05, 0.1) is 12.9 Å². The molecule has 0 radical (unpaired) electrons. The summed E-state index contributed by atoms with van der Waals surface area (Å²) in [4.78, 5) is 15.0. The van der Waals surface area contributed by atoms with Gasteiger partial charge in [0.25, 0.3) is 0 Å². The van der Waals surface area contributed by atoms with Crippen LogP contribution in [0.5, 0.6) is 5.75 Å². The molecule has 0 atom stereocenters. The average Bonchev–Trinajstić information content (AvgIpc) is 2.83. The van der Waals surface area contributed by atoms with Crippen LogP contribution in [0.1, 0.15) is 11.3 Å². The second kappa shape index (κ2) is 7.17. The lowest BCUT2D eigenvalue weighted by Crippen LogP contribution is -2.07. The number of methoxy groups -OCH3 is 1. The van der Waals surface area contributed by atoms with Crippen LogP contribution in [0.2, 0.25) is 0 Å². The maximum atomic E-state index is 10.7. The number of carboxylic acid groups (broad SMARTS) is 1. The molecule has 0 saturated carbocycles. The summed E-state index contributed by atoms with van der Waals surface area (Å²) in [5.74, 6) is 0.0532. The van der Waals surface area contributed by atoms with E-state index in [0.29, 0.717) is 0 Å². The largest absolute Gasteiger partial charge is 0.496 e. The Balaban J connectivity index is 2.09. The Labute approximate surface area is 128 Å². The quantitative estimate of drug-likeness (QED) is 0.797. The van der Waals surface area contributed by atoms with Crippen molar-refractivity contribution in [1.82, 2.24) is 9.55 Å². The van der Waals surface area contributed by atoms with Gasteiger partial charge in [0.2, 0.25) is 0 Å². The summed E-state index contributed by atoms with van der Waals surface area (Å²) in [5.41, 5.74) is 2.15. The van der Waals surface area contributed by atoms with E-state index < -0.39 is 5.97 Å². The van der Waals surface area contributed by atoms with Gasteiger partial charge in [0.15, 0.2) is 5.16 Å². The number of carboxylic acids is 1. The first kappa shape index (κ1) is 15.4. The van der Waals surface area contributed by atoms with Crippen molar-refractivity contribution in [3.05, 3.63) is 41.7 Å². The number of aliphatic carboxylic acids is 1. The van der Waals surface area contributed by atoms with E-state index in [2.05, 4.69) is 4.98 Å². The first-order chi connectivity index (χ1) is 10.1. The van der Waals surface area contributed by atoms with Crippen LogP contribution in [-0.4, -0.2) is 33.5 Å². The van der Waals surface area contributed by atoms with Crippen molar-refractivity contribution in [2.45, 2.75) is 25.0 Å². The standard InChI is InChI=1S/C15H18N2O3S/c1-11-9-16-15(21-10-14(18)19)17(11)8-7-12-5-3-4-6-13(12)20-2/h3-6,9H,7-8,10H2,1-2H3,(H,18,19). The first-order valence-corrected chi connectivity index (χ1v) is 7.59. The highest BCUT2D eigenvalue weighted by Gasteiger charge is 2.10. The van der Waals surface area contributed by atoms with Crippen molar-refractivity contribution in [3.8, 4) is 5.75 Å². The summed E-state index contributed by atoms with van der Waals surface area (Å²) >= 11 is 1.24. The number of thioether (sulfide) groups is 1. The van der Waals surface area contributed by atoms with Crippen LogP contribution in [0, 0.1) is 6.92 Å². The Kier molecular flexibility index (Phi) is 5.27. The Morgan fingerprint density at radius 2 is 2.19 bits per heavy atom. The lowest BCUT2D eigenvalue weighted by atomic mass is 10.1. The van der Waals surface area contributed by atoms with Gasteiger partial charge >= 0.3 is 5.97 Å². The molecule has 21 heavy (non-hydrogen) atoms. The van der Waals surface area contributed by atoms with Crippen LogP contribution in [0.25, 0.3) is 0 Å². The number of aromatic nitrogens is 2. The van der Waals surface area contributed by atoms with Gasteiger partial charge in [-0.15, -0.1) is 0 Å². The van der Waals surface area contributed by atoms with Crippen LogP contribution in [0.15, 0.2) is 35.6 Å². The molecule has 0 aliphatic rings. The van der Waals surface area contributed by atoms with Crippen molar-refractivity contribution in [3.63, 3.8) is 0 Å².